The van der Waals surface area contributed by atoms with Crippen molar-refractivity contribution >= 4 is 5.82 Å². The second-order valence-electron chi connectivity index (χ2n) is 5.83. The van der Waals surface area contributed by atoms with Gasteiger partial charge in [-0.1, -0.05) is 0 Å². The van der Waals surface area contributed by atoms with Crippen LogP contribution in [-0.2, 0) is 12.4 Å². The number of halogens is 6. The Bertz CT molecular complexity index is 981. The predicted molar refractivity (Wildman–Crippen MR) is 89.0 cm³/mol. The molecule has 0 aliphatic rings. The highest BCUT2D eigenvalue weighted by Crippen LogP contribution is 2.38. The molecule has 3 rings (SSSR count). The summed E-state index contributed by atoms with van der Waals surface area (Å²) < 4.78 is 78.3. The Labute approximate surface area is 154 Å². The summed E-state index contributed by atoms with van der Waals surface area (Å²) in [5.41, 5.74) is 2.65. The monoisotopic (exact) mass is 399 g/mol. The van der Waals surface area contributed by atoms with Crippen molar-refractivity contribution in [3.63, 3.8) is 0 Å². The number of anilines is 1. The lowest BCUT2D eigenvalue weighted by molar-refractivity contribution is -0.143. The smallest absolute Gasteiger partial charge is 0.416 e. The maximum Gasteiger partial charge on any atom is 0.416 e. The van der Waals surface area contributed by atoms with E-state index in [2.05, 4.69) is 9.97 Å². The summed E-state index contributed by atoms with van der Waals surface area (Å²) in [7, 11) is 0. The van der Waals surface area contributed by atoms with Crippen molar-refractivity contribution in [3.8, 4) is 28.3 Å². The summed E-state index contributed by atoms with van der Waals surface area (Å²) in [5, 5.41) is 9.34. The van der Waals surface area contributed by atoms with Gasteiger partial charge in [0.05, 0.1) is 23.0 Å². The maximum atomic E-state index is 13.1. The molecule has 0 saturated heterocycles. The Morgan fingerprint density at radius 2 is 1.32 bits per heavy atom. The van der Waals surface area contributed by atoms with Crippen LogP contribution in [0, 0.1) is 0 Å². The Kier molecular flexibility index (Phi) is 4.66. The second-order valence-corrected chi connectivity index (χ2v) is 5.83. The Balaban J connectivity index is 2.18. The maximum absolute atomic E-state index is 13.1. The van der Waals surface area contributed by atoms with E-state index in [0.717, 1.165) is 6.20 Å². The van der Waals surface area contributed by atoms with E-state index in [9.17, 15) is 31.4 Å². The summed E-state index contributed by atoms with van der Waals surface area (Å²) in [6.07, 6.45) is -8.96. The average molecular weight is 399 g/mol. The van der Waals surface area contributed by atoms with Crippen LogP contribution in [0.25, 0.3) is 22.5 Å². The van der Waals surface area contributed by atoms with Crippen LogP contribution in [0.1, 0.15) is 11.1 Å². The summed E-state index contributed by atoms with van der Waals surface area (Å²) in [6.45, 7) is 0. The summed E-state index contributed by atoms with van der Waals surface area (Å²) in [6, 6.07) is 6.70. The Morgan fingerprint density at radius 3 is 1.82 bits per heavy atom. The van der Waals surface area contributed by atoms with Gasteiger partial charge in [0.2, 0.25) is 0 Å². The molecule has 0 radical (unpaired) electrons. The number of aromatic hydroxyl groups is 1. The van der Waals surface area contributed by atoms with E-state index in [0.29, 0.717) is 17.7 Å². The molecule has 3 N–H and O–H groups in total. The highest BCUT2D eigenvalue weighted by atomic mass is 19.4. The summed E-state index contributed by atoms with van der Waals surface area (Å²) in [5.74, 6) is -0.114. The topological polar surface area (TPSA) is 72.0 Å². The number of nitrogens with two attached hydrogens (primary N) is 1. The molecule has 4 nitrogen and oxygen atoms in total. The van der Waals surface area contributed by atoms with Gasteiger partial charge in [0.1, 0.15) is 17.3 Å². The third kappa shape index (κ3) is 4.00. The normalized spacial score (nSPS) is 12.2. The number of phenols is 1. The largest absolute Gasteiger partial charge is 0.508 e. The fourth-order valence-electron chi connectivity index (χ4n) is 2.47. The zero-order valence-corrected chi connectivity index (χ0v) is 13.8. The predicted octanol–water partition coefficient (Wildman–Crippen LogP) is 5.14. The van der Waals surface area contributed by atoms with Crippen molar-refractivity contribution in [2.45, 2.75) is 12.4 Å². The summed E-state index contributed by atoms with van der Waals surface area (Å²) in [4.78, 5) is 7.91. The molecular weight excluding hydrogens is 388 g/mol. The molecular formula is C18H11F6N3O. The van der Waals surface area contributed by atoms with Crippen molar-refractivity contribution < 1.29 is 31.4 Å². The molecule has 10 heteroatoms. The molecule has 0 amide bonds. The molecule has 0 saturated carbocycles. The molecule has 0 aliphatic carbocycles. The Hall–Kier alpha value is -3.30. The molecule has 0 spiro atoms. The lowest BCUT2D eigenvalue weighted by Crippen LogP contribution is -2.11. The first-order valence-electron chi connectivity index (χ1n) is 7.67. The van der Waals surface area contributed by atoms with Gasteiger partial charge in [0.25, 0.3) is 0 Å². The quantitative estimate of drug-likeness (QED) is 0.586. The molecule has 0 aliphatic heterocycles. The summed E-state index contributed by atoms with van der Waals surface area (Å²) >= 11 is 0. The van der Waals surface area contributed by atoms with Crippen molar-refractivity contribution in [1.82, 2.24) is 9.97 Å². The molecule has 0 bridgehead atoms. The minimum atomic E-state index is -4.98. The number of benzene rings is 2. The highest BCUT2D eigenvalue weighted by Gasteiger charge is 2.37. The number of hydrogen-bond acceptors (Lipinski definition) is 4. The van der Waals surface area contributed by atoms with Gasteiger partial charge in [0, 0.05) is 11.1 Å². The van der Waals surface area contributed by atoms with Crippen LogP contribution in [0.15, 0.2) is 48.7 Å². The second kappa shape index (κ2) is 6.70. The van der Waals surface area contributed by atoms with Crippen LogP contribution in [-0.4, -0.2) is 15.1 Å². The van der Waals surface area contributed by atoms with Crippen molar-refractivity contribution in [2.24, 2.45) is 0 Å². The molecule has 1 heterocycles. The first kappa shape index (κ1) is 19.5. The third-order valence-electron chi connectivity index (χ3n) is 3.82. The van der Waals surface area contributed by atoms with Gasteiger partial charge in [-0.15, -0.1) is 0 Å². The van der Waals surface area contributed by atoms with Crippen molar-refractivity contribution in [2.75, 3.05) is 5.73 Å². The molecule has 28 heavy (non-hydrogen) atoms. The van der Waals surface area contributed by atoms with Crippen LogP contribution < -0.4 is 5.73 Å². The van der Waals surface area contributed by atoms with Gasteiger partial charge in [-0.05, 0) is 42.5 Å². The molecule has 2 aromatic carbocycles. The van der Waals surface area contributed by atoms with Gasteiger partial charge in [-0.25, -0.2) is 9.97 Å². The zero-order chi connectivity index (χ0) is 20.7. The van der Waals surface area contributed by atoms with Gasteiger partial charge in [0.15, 0.2) is 0 Å². The number of rotatable bonds is 2. The van der Waals surface area contributed by atoms with Crippen LogP contribution in [0.4, 0.5) is 32.2 Å². The molecule has 146 valence electrons. The number of aromatic nitrogens is 2. The minimum absolute atomic E-state index is 0.0368. The highest BCUT2D eigenvalue weighted by molar-refractivity contribution is 5.73. The lowest BCUT2D eigenvalue weighted by Gasteiger charge is -2.14. The van der Waals surface area contributed by atoms with Gasteiger partial charge in [-0.3, -0.25) is 0 Å². The zero-order valence-electron chi connectivity index (χ0n) is 13.8. The molecule has 0 atom stereocenters. The van der Waals surface area contributed by atoms with E-state index in [-0.39, 0.29) is 29.0 Å². The fourth-order valence-corrected chi connectivity index (χ4v) is 2.47. The van der Waals surface area contributed by atoms with E-state index in [4.69, 9.17) is 5.73 Å². The lowest BCUT2D eigenvalue weighted by atomic mass is 10.0. The van der Waals surface area contributed by atoms with Crippen LogP contribution >= 0.6 is 0 Å². The van der Waals surface area contributed by atoms with Crippen molar-refractivity contribution in [1.29, 1.82) is 0 Å². The van der Waals surface area contributed by atoms with Crippen LogP contribution in [0.3, 0.4) is 0 Å². The number of alkyl halides is 6. The number of nitrogens with zero attached hydrogens (tertiary/aromatic N) is 2. The average Bonchev–Trinajstić information content (AvgIpc) is 2.61. The van der Waals surface area contributed by atoms with Crippen molar-refractivity contribution in [3.05, 3.63) is 59.8 Å². The first-order valence-corrected chi connectivity index (χ1v) is 7.67. The molecule has 3 aromatic rings. The van der Waals surface area contributed by atoms with E-state index >= 15 is 0 Å². The van der Waals surface area contributed by atoms with E-state index in [1.165, 1.54) is 24.3 Å². The molecule has 1 aromatic heterocycles. The Morgan fingerprint density at radius 1 is 0.786 bits per heavy atom. The fraction of sp³-hybridized carbons (Fsp3) is 0.111. The van der Waals surface area contributed by atoms with Crippen LogP contribution in [0.2, 0.25) is 0 Å². The minimum Gasteiger partial charge on any atom is -0.508 e. The van der Waals surface area contributed by atoms with E-state index in [1.54, 1.807) is 0 Å². The van der Waals surface area contributed by atoms with E-state index in [1.807, 2.05) is 0 Å². The molecule has 0 unspecified atom stereocenters. The number of nitrogen functional groups attached to an aromatic ring is 1. The third-order valence-corrected chi connectivity index (χ3v) is 3.82. The SMILES string of the molecule is Nc1ncc(-c2cc(C(F)(F)F)cc(C(F)(F)F)c2)nc1-c1ccc(O)cc1. The van der Waals surface area contributed by atoms with Crippen LogP contribution in [0.5, 0.6) is 5.75 Å². The number of phenolic OH excluding ortho intramolecular Hbond substituents is 1. The molecule has 0 fully saturated rings. The number of hydrogen-bond donors (Lipinski definition) is 2. The first-order chi connectivity index (χ1) is 12.9. The standard InChI is InChI=1S/C18H11F6N3O/c19-17(20,21)11-5-10(6-12(7-11)18(22,23)24)14-8-26-16(25)15(27-14)9-1-3-13(28)4-2-9/h1-8,28H,(H2,25,26). The van der Waals surface area contributed by atoms with Gasteiger partial charge in [-0.2, -0.15) is 26.3 Å². The van der Waals surface area contributed by atoms with E-state index < -0.39 is 29.0 Å². The van der Waals surface area contributed by atoms with Gasteiger partial charge >= 0.3 is 12.4 Å². The van der Waals surface area contributed by atoms with Gasteiger partial charge < -0.3 is 10.8 Å².